The van der Waals surface area contributed by atoms with Crippen molar-refractivity contribution in [2.24, 2.45) is 5.92 Å². The molecule has 0 aliphatic carbocycles. The van der Waals surface area contributed by atoms with Crippen LogP contribution < -0.4 is 0 Å². The van der Waals surface area contributed by atoms with Crippen LogP contribution in [0.2, 0.25) is 0 Å². The summed E-state index contributed by atoms with van der Waals surface area (Å²) in [5.74, 6) is -1.28. The summed E-state index contributed by atoms with van der Waals surface area (Å²) in [4.78, 5) is 73.0. The molecule has 0 aromatic rings. The predicted molar refractivity (Wildman–Crippen MR) is 405 cm³/mol. The number of hydrogen-bond donors (Lipinski definition) is 3. The summed E-state index contributed by atoms with van der Waals surface area (Å²) in [6.07, 6.45) is 63.7. The molecule has 0 radical (unpaired) electrons. The van der Waals surface area contributed by atoms with Crippen LogP contribution in [0.15, 0.2) is 0 Å². The number of phosphoric ester groups is 2. The van der Waals surface area contributed by atoms with Crippen molar-refractivity contribution in [2.45, 2.75) is 445 Å². The summed E-state index contributed by atoms with van der Waals surface area (Å²) in [7, 11) is -9.91. The maximum absolute atomic E-state index is 13.1. The molecular weight excluding hydrogens is 1290 g/mol. The number of carbonyl (C=O) groups is 4. The van der Waals surface area contributed by atoms with E-state index in [1.807, 2.05) is 0 Å². The van der Waals surface area contributed by atoms with E-state index >= 15 is 0 Å². The molecule has 0 heterocycles. The monoisotopic (exact) mass is 1450 g/mol. The van der Waals surface area contributed by atoms with Gasteiger partial charge < -0.3 is 33.8 Å². The number of aliphatic hydroxyl groups excluding tert-OH is 1. The number of esters is 4. The number of phosphoric acid groups is 2. The van der Waals surface area contributed by atoms with Gasteiger partial charge in [-0.1, -0.05) is 375 Å². The fourth-order valence-electron chi connectivity index (χ4n) is 12.4. The normalized spacial score (nSPS) is 13.9. The summed E-state index contributed by atoms with van der Waals surface area (Å²) >= 11 is 0. The second-order valence-corrected chi connectivity index (χ2v) is 32.2. The van der Waals surface area contributed by atoms with Crippen LogP contribution >= 0.6 is 15.6 Å². The lowest BCUT2D eigenvalue weighted by Gasteiger charge is -2.21. The first-order valence-corrected chi connectivity index (χ1v) is 44.6. The largest absolute Gasteiger partial charge is 0.472 e. The van der Waals surface area contributed by atoms with E-state index in [0.29, 0.717) is 25.7 Å². The van der Waals surface area contributed by atoms with Gasteiger partial charge in [-0.25, -0.2) is 9.13 Å². The zero-order chi connectivity index (χ0) is 72.7. The van der Waals surface area contributed by atoms with E-state index < -0.39 is 97.5 Å². The van der Waals surface area contributed by atoms with Crippen molar-refractivity contribution in [2.75, 3.05) is 39.6 Å². The van der Waals surface area contributed by atoms with Gasteiger partial charge in [-0.2, -0.15) is 0 Å². The Balaban J connectivity index is 5.22. The van der Waals surface area contributed by atoms with Crippen molar-refractivity contribution < 1.29 is 80.2 Å². The molecule has 588 valence electrons. The zero-order valence-corrected chi connectivity index (χ0v) is 66.4. The average molecular weight is 1450 g/mol. The highest BCUT2D eigenvalue weighted by atomic mass is 31.2. The van der Waals surface area contributed by atoms with Gasteiger partial charge in [-0.05, 0) is 31.6 Å². The van der Waals surface area contributed by atoms with Crippen molar-refractivity contribution >= 4 is 39.5 Å². The highest BCUT2D eigenvalue weighted by molar-refractivity contribution is 7.47. The third-order valence-corrected chi connectivity index (χ3v) is 20.7. The number of aliphatic hydroxyl groups is 1. The number of hydrogen-bond acceptors (Lipinski definition) is 15. The van der Waals surface area contributed by atoms with E-state index in [9.17, 15) is 43.2 Å². The fraction of sp³-hybridized carbons (Fsp3) is 0.950. The van der Waals surface area contributed by atoms with Gasteiger partial charge in [0.25, 0.3) is 0 Å². The molecule has 0 rings (SSSR count). The quantitative estimate of drug-likeness (QED) is 0.0222. The highest BCUT2D eigenvalue weighted by Crippen LogP contribution is 2.45. The van der Waals surface area contributed by atoms with Crippen LogP contribution in [0.5, 0.6) is 0 Å². The van der Waals surface area contributed by atoms with E-state index in [4.69, 9.17) is 37.0 Å². The molecule has 0 amide bonds. The molecule has 19 heteroatoms. The van der Waals surface area contributed by atoms with Crippen LogP contribution in [-0.4, -0.2) is 96.7 Å². The molecule has 0 bridgehead atoms. The van der Waals surface area contributed by atoms with E-state index in [2.05, 4.69) is 34.6 Å². The SMILES string of the molecule is CCCCCCCCCCCCCCCCC(=O)OC[C@H](COP(=O)(O)OC[C@@H](O)COP(=O)(O)OC[C@@H](COC(=O)CCCCCCCCCCCCC)OC(=O)CCCCCCCCCCCCCCC)OC(=O)CCCCCCCCCCCCCCCCCCCCC(C)C. The number of carbonyl (C=O) groups excluding carboxylic acids is 4. The minimum atomic E-state index is -4.96. The topological polar surface area (TPSA) is 237 Å². The summed E-state index contributed by atoms with van der Waals surface area (Å²) in [5, 5.41) is 10.6. The Morgan fingerprint density at radius 3 is 0.687 bits per heavy atom. The summed E-state index contributed by atoms with van der Waals surface area (Å²) in [6, 6.07) is 0. The molecule has 17 nitrogen and oxygen atoms in total. The second-order valence-electron chi connectivity index (χ2n) is 29.3. The molecule has 0 aliphatic heterocycles. The molecule has 0 saturated carbocycles. The van der Waals surface area contributed by atoms with E-state index in [0.717, 1.165) is 95.8 Å². The van der Waals surface area contributed by atoms with Gasteiger partial charge in [-0.15, -0.1) is 0 Å². The molecule has 3 N–H and O–H groups in total. The standard InChI is InChI=1S/C80H156O17P2/c1-6-9-12-15-18-21-24-26-35-39-44-49-54-59-64-78(83)91-70-76(97-80(85)66-61-56-51-46-41-36-32-30-28-27-29-31-34-38-42-47-52-57-62-73(4)5)72-95-99(88,89)93-68-74(81)67-92-98(86,87)94-71-75(69-90-77(82)63-58-53-48-43-37-23-20-17-14-11-8-3)96-79(84)65-60-55-50-45-40-33-25-22-19-16-13-10-7-2/h73-76,81H,6-72H2,1-5H3,(H,86,87)(H,88,89)/t74-,75+,76+/m0/s1. The van der Waals surface area contributed by atoms with Gasteiger partial charge >= 0.3 is 39.5 Å². The molecule has 0 aliphatic rings. The Bertz CT molecular complexity index is 1890. The lowest BCUT2D eigenvalue weighted by Crippen LogP contribution is -2.30. The van der Waals surface area contributed by atoms with Crippen LogP contribution in [0.4, 0.5) is 0 Å². The Hall–Kier alpha value is -1.94. The van der Waals surface area contributed by atoms with Crippen LogP contribution in [-0.2, 0) is 65.4 Å². The van der Waals surface area contributed by atoms with Gasteiger partial charge in [0, 0.05) is 25.7 Å². The van der Waals surface area contributed by atoms with Crippen LogP contribution in [0, 0.1) is 5.92 Å². The summed E-state index contributed by atoms with van der Waals surface area (Å²) in [5.41, 5.74) is 0. The van der Waals surface area contributed by atoms with Crippen molar-refractivity contribution in [1.29, 1.82) is 0 Å². The van der Waals surface area contributed by atoms with Gasteiger partial charge in [0.1, 0.15) is 19.3 Å². The Morgan fingerprint density at radius 1 is 0.273 bits per heavy atom. The maximum Gasteiger partial charge on any atom is 0.472 e. The maximum atomic E-state index is 13.1. The molecule has 0 spiro atoms. The number of ether oxygens (including phenoxy) is 4. The minimum Gasteiger partial charge on any atom is -0.462 e. The van der Waals surface area contributed by atoms with Crippen molar-refractivity contribution in [3.05, 3.63) is 0 Å². The molecular formula is C80H156O17P2. The average Bonchev–Trinajstić information content (AvgIpc) is 1.26. The summed E-state index contributed by atoms with van der Waals surface area (Å²) in [6.45, 7) is 7.36. The summed E-state index contributed by atoms with van der Waals surface area (Å²) < 4.78 is 68.7. The van der Waals surface area contributed by atoms with Crippen LogP contribution in [0.1, 0.15) is 426 Å². The lowest BCUT2D eigenvalue weighted by atomic mass is 10.0. The van der Waals surface area contributed by atoms with E-state index in [1.54, 1.807) is 0 Å². The van der Waals surface area contributed by atoms with Gasteiger partial charge in [0.15, 0.2) is 12.2 Å². The van der Waals surface area contributed by atoms with E-state index in [1.165, 1.54) is 250 Å². The molecule has 99 heavy (non-hydrogen) atoms. The molecule has 5 atom stereocenters. The number of rotatable bonds is 80. The first-order chi connectivity index (χ1) is 48.0. The lowest BCUT2D eigenvalue weighted by molar-refractivity contribution is -0.161. The molecule has 0 saturated heterocycles. The minimum absolute atomic E-state index is 0.108. The first-order valence-electron chi connectivity index (χ1n) is 41.6. The molecule has 0 fully saturated rings. The third-order valence-electron chi connectivity index (χ3n) is 18.8. The second kappa shape index (κ2) is 73.0. The molecule has 2 unspecified atom stereocenters. The van der Waals surface area contributed by atoms with Gasteiger partial charge in [0.05, 0.1) is 26.4 Å². The molecule has 0 aromatic heterocycles. The van der Waals surface area contributed by atoms with Crippen LogP contribution in [0.25, 0.3) is 0 Å². The van der Waals surface area contributed by atoms with Crippen LogP contribution in [0.3, 0.4) is 0 Å². The Morgan fingerprint density at radius 2 is 0.465 bits per heavy atom. The molecule has 0 aromatic carbocycles. The van der Waals surface area contributed by atoms with E-state index in [-0.39, 0.29) is 25.7 Å². The smallest absolute Gasteiger partial charge is 0.462 e. The number of unbranched alkanes of at least 4 members (excludes halogenated alkanes) is 52. The van der Waals surface area contributed by atoms with Gasteiger partial charge in [0.2, 0.25) is 0 Å². The van der Waals surface area contributed by atoms with Crippen molar-refractivity contribution in [3.63, 3.8) is 0 Å². The van der Waals surface area contributed by atoms with Gasteiger partial charge in [-0.3, -0.25) is 37.3 Å². The third kappa shape index (κ3) is 74.1. The first kappa shape index (κ1) is 97.1. The Labute approximate surface area is 607 Å². The van der Waals surface area contributed by atoms with Crippen molar-refractivity contribution in [3.8, 4) is 0 Å². The Kier molecular flexibility index (Phi) is 71.6. The fourth-order valence-corrected chi connectivity index (χ4v) is 14.0. The van der Waals surface area contributed by atoms with Crippen molar-refractivity contribution in [1.82, 2.24) is 0 Å². The zero-order valence-electron chi connectivity index (χ0n) is 64.6. The highest BCUT2D eigenvalue weighted by Gasteiger charge is 2.30. The predicted octanol–water partition coefficient (Wildman–Crippen LogP) is 24.0.